The summed E-state index contributed by atoms with van der Waals surface area (Å²) in [5.74, 6) is 0.935. The van der Waals surface area contributed by atoms with Crippen LogP contribution in [0.3, 0.4) is 0 Å². The molecule has 0 aromatic heterocycles. The summed E-state index contributed by atoms with van der Waals surface area (Å²) in [5.41, 5.74) is 3.57. The van der Waals surface area contributed by atoms with Crippen molar-refractivity contribution >= 4 is 11.8 Å². The Hall–Kier alpha value is -1.71. The van der Waals surface area contributed by atoms with Gasteiger partial charge in [0.1, 0.15) is 11.4 Å². The Morgan fingerprint density at radius 3 is 2.68 bits per heavy atom. The number of aryl methyl sites for hydroxylation is 1. The van der Waals surface area contributed by atoms with Crippen LogP contribution in [0.1, 0.15) is 37.5 Å². The molecule has 1 amide bonds. The van der Waals surface area contributed by atoms with Crippen molar-refractivity contribution in [3.05, 3.63) is 22.8 Å². The molecule has 0 radical (unpaired) electrons. The van der Waals surface area contributed by atoms with Gasteiger partial charge in [0.15, 0.2) is 0 Å². The minimum absolute atomic E-state index is 0.419. The largest absolute Gasteiger partial charge is 0.493 e. The van der Waals surface area contributed by atoms with Crippen molar-refractivity contribution in [3.8, 4) is 5.75 Å². The highest BCUT2D eigenvalue weighted by Crippen LogP contribution is 2.35. The summed E-state index contributed by atoms with van der Waals surface area (Å²) in [6.07, 6.45) is 0.474. The van der Waals surface area contributed by atoms with Crippen LogP contribution >= 0.6 is 0 Å². The molecule has 0 bridgehead atoms. The first-order valence-electron chi connectivity index (χ1n) is 6.54. The Balaban J connectivity index is 2.24. The van der Waals surface area contributed by atoms with E-state index in [-0.39, 0.29) is 0 Å². The van der Waals surface area contributed by atoms with E-state index in [0.29, 0.717) is 6.61 Å². The predicted molar refractivity (Wildman–Crippen MR) is 75.0 cm³/mol. The highest BCUT2D eigenvalue weighted by Gasteiger charge is 2.22. The maximum Gasteiger partial charge on any atom is 0.412 e. The smallest absolute Gasteiger partial charge is 0.412 e. The molecule has 4 heteroatoms. The number of hydrogen-bond donors (Lipinski definition) is 1. The van der Waals surface area contributed by atoms with Crippen molar-refractivity contribution in [2.45, 2.75) is 46.6 Å². The number of carbonyl (C=O) groups excluding carboxylic acids is 1. The SMILES string of the molecule is Cc1cc2c(c(C)c1NC(=O)OC(C)(C)C)CCO2. The minimum Gasteiger partial charge on any atom is -0.493 e. The third-order valence-corrected chi connectivity index (χ3v) is 3.10. The van der Waals surface area contributed by atoms with Crippen LogP contribution in [0.5, 0.6) is 5.75 Å². The number of ether oxygens (including phenoxy) is 2. The molecule has 1 aromatic rings. The number of carbonyl (C=O) groups is 1. The lowest BCUT2D eigenvalue weighted by Crippen LogP contribution is -2.27. The van der Waals surface area contributed by atoms with E-state index < -0.39 is 11.7 Å². The van der Waals surface area contributed by atoms with Crippen molar-refractivity contribution < 1.29 is 14.3 Å². The molecule has 0 unspecified atom stereocenters. The molecule has 0 saturated heterocycles. The number of benzene rings is 1. The second-order valence-corrected chi connectivity index (χ2v) is 5.90. The van der Waals surface area contributed by atoms with Crippen LogP contribution in [-0.2, 0) is 11.2 Å². The van der Waals surface area contributed by atoms with Gasteiger partial charge < -0.3 is 9.47 Å². The van der Waals surface area contributed by atoms with Crippen molar-refractivity contribution in [2.75, 3.05) is 11.9 Å². The Labute approximate surface area is 114 Å². The summed E-state index contributed by atoms with van der Waals surface area (Å²) in [4.78, 5) is 11.9. The van der Waals surface area contributed by atoms with Gasteiger partial charge in [-0.05, 0) is 51.8 Å². The molecule has 104 valence electrons. The fourth-order valence-corrected chi connectivity index (χ4v) is 2.29. The highest BCUT2D eigenvalue weighted by atomic mass is 16.6. The van der Waals surface area contributed by atoms with Crippen LogP contribution in [0.2, 0.25) is 0 Å². The third kappa shape index (κ3) is 3.00. The lowest BCUT2D eigenvalue weighted by Gasteiger charge is -2.21. The minimum atomic E-state index is -0.494. The van der Waals surface area contributed by atoms with Crippen LogP contribution in [0, 0.1) is 13.8 Å². The lowest BCUT2D eigenvalue weighted by atomic mass is 10.0. The molecule has 1 aromatic carbocycles. The molecular formula is C15H21NO3. The zero-order valence-corrected chi connectivity index (χ0v) is 12.2. The molecule has 0 saturated carbocycles. The van der Waals surface area contributed by atoms with Gasteiger partial charge in [-0.25, -0.2) is 4.79 Å². The van der Waals surface area contributed by atoms with Gasteiger partial charge in [0.25, 0.3) is 0 Å². The first-order chi connectivity index (χ1) is 8.78. The van der Waals surface area contributed by atoms with Gasteiger partial charge in [0.2, 0.25) is 0 Å². The van der Waals surface area contributed by atoms with Gasteiger partial charge in [0, 0.05) is 12.0 Å². The molecule has 1 aliphatic rings. The number of anilines is 1. The number of nitrogens with one attached hydrogen (secondary N) is 1. The third-order valence-electron chi connectivity index (χ3n) is 3.10. The van der Waals surface area contributed by atoms with E-state index in [9.17, 15) is 4.79 Å². The molecule has 0 atom stereocenters. The number of amides is 1. The van der Waals surface area contributed by atoms with Crippen LogP contribution in [-0.4, -0.2) is 18.3 Å². The molecule has 0 aliphatic carbocycles. The van der Waals surface area contributed by atoms with E-state index in [4.69, 9.17) is 9.47 Å². The molecular weight excluding hydrogens is 242 g/mol. The second-order valence-electron chi connectivity index (χ2n) is 5.90. The fraction of sp³-hybridized carbons (Fsp3) is 0.533. The second kappa shape index (κ2) is 4.76. The number of fused-ring (bicyclic) bond motifs is 1. The summed E-state index contributed by atoms with van der Waals surface area (Å²) in [7, 11) is 0. The number of rotatable bonds is 1. The summed E-state index contributed by atoms with van der Waals surface area (Å²) in [6.45, 7) is 10.2. The molecule has 1 heterocycles. The van der Waals surface area contributed by atoms with E-state index in [1.54, 1.807) is 0 Å². The van der Waals surface area contributed by atoms with Gasteiger partial charge in [-0.2, -0.15) is 0 Å². The quantitative estimate of drug-likeness (QED) is 0.842. The lowest BCUT2D eigenvalue weighted by molar-refractivity contribution is 0.0635. The highest BCUT2D eigenvalue weighted by molar-refractivity contribution is 5.88. The molecule has 4 nitrogen and oxygen atoms in total. The summed E-state index contributed by atoms with van der Waals surface area (Å²) >= 11 is 0. The van der Waals surface area contributed by atoms with E-state index in [2.05, 4.69) is 5.32 Å². The van der Waals surface area contributed by atoms with Gasteiger partial charge in [-0.1, -0.05) is 0 Å². The van der Waals surface area contributed by atoms with Gasteiger partial charge >= 0.3 is 6.09 Å². The normalized spacial score (nSPS) is 13.7. The maximum atomic E-state index is 11.9. The van der Waals surface area contributed by atoms with Crippen molar-refractivity contribution in [1.82, 2.24) is 0 Å². The van der Waals surface area contributed by atoms with E-state index >= 15 is 0 Å². The van der Waals surface area contributed by atoms with Gasteiger partial charge in [-0.3, -0.25) is 5.32 Å². The molecule has 0 fully saturated rings. The Bertz CT molecular complexity index is 515. The van der Waals surface area contributed by atoms with Crippen molar-refractivity contribution in [2.24, 2.45) is 0 Å². The first kappa shape index (κ1) is 13.7. The molecule has 1 N–H and O–H groups in total. The van der Waals surface area contributed by atoms with Gasteiger partial charge in [-0.15, -0.1) is 0 Å². The van der Waals surface area contributed by atoms with Crippen molar-refractivity contribution in [1.29, 1.82) is 0 Å². The Kier molecular flexibility index (Phi) is 3.43. The fourth-order valence-electron chi connectivity index (χ4n) is 2.29. The van der Waals surface area contributed by atoms with Gasteiger partial charge in [0.05, 0.1) is 12.3 Å². The zero-order chi connectivity index (χ0) is 14.2. The average Bonchev–Trinajstić information content (AvgIpc) is 2.69. The van der Waals surface area contributed by atoms with Crippen LogP contribution in [0.25, 0.3) is 0 Å². The molecule has 2 rings (SSSR count). The van der Waals surface area contributed by atoms with Crippen LogP contribution < -0.4 is 10.1 Å². The Morgan fingerprint density at radius 2 is 2.05 bits per heavy atom. The van der Waals surface area contributed by atoms with E-state index in [0.717, 1.165) is 29.0 Å². The van der Waals surface area contributed by atoms with Crippen molar-refractivity contribution in [3.63, 3.8) is 0 Å². The summed E-state index contributed by atoms with van der Waals surface area (Å²) in [6, 6.07) is 1.97. The standard InChI is InChI=1S/C15H21NO3/c1-9-8-12-11(6-7-18-12)10(2)13(9)16-14(17)19-15(3,4)5/h8H,6-7H2,1-5H3,(H,16,17). The number of hydrogen-bond acceptors (Lipinski definition) is 3. The monoisotopic (exact) mass is 263 g/mol. The molecule has 19 heavy (non-hydrogen) atoms. The maximum absolute atomic E-state index is 11.9. The summed E-state index contributed by atoms with van der Waals surface area (Å²) < 4.78 is 10.8. The van der Waals surface area contributed by atoms with Crippen LogP contribution in [0.15, 0.2) is 6.07 Å². The summed E-state index contributed by atoms with van der Waals surface area (Å²) in [5, 5.41) is 2.85. The first-order valence-corrected chi connectivity index (χ1v) is 6.54. The predicted octanol–water partition coefficient (Wildman–Crippen LogP) is 3.59. The average molecular weight is 263 g/mol. The topological polar surface area (TPSA) is 47.6 Å². The zero-order valence-electron chi connectivity index (χ0n) is 12.2. The molecule has 0 spiro atoms. The Morgan fingerprint density at radius 1 is 1.37 bits per heavy atom. The van der Waals surface area contributed by atoms with E-state index in [1.807, 2.05) is 40.7 Å². The van der Waals surface area contributed by atoms with E-state index in [1.165, 1.54) is 5.56 Å². The van der Waals surface area contributed by atoms with Crippen LogP contribution in [0.4, 0.5) is 10.5 Å². The molecule has 1 aliphatic heterocycles.